The van der Waals surface area contributed by atoms with Gasteiger partial charge in [0.25, 0.3) is 0 Å². The summed E-state index contributed by atoms with van der Waals surface area (Å²) in [6, 6.07) is 20.4. The summed E-state index contributed by atoms with van der Waals surface area (Å²) in [5.41, 5.74) is 3.31. The van der Waals surface area contributed by atoms with Gasteiger partial charge in [-0.05, 0) is 55.0 Å². The number of aromatic nitrogens is 1. The molecule has 0 radical (unpaired) electrons. The van der Waals surface area contributed by atoms with E-state index in [1.165, 1.54) is 16.7 Å². The van der Waals surface area contributed by atoms with Crippen LogP contribution in [-0.2, 0) is 16.2 Å². The van der Waals surface area contributed by atoms with Crippen LogP contribution in [0.2, 0.25) is 5.02 Å². The Morgan fingerprint density at radius 1 is 1.03 bits per heavy atom. The molecule has 1 N–H and O–H groups in total. The van der Waals surface area contributed by atoms with Crippen LogP contribution >= 0.6 is 50.6 Å². The molecule has 2 amide bonds. The maximum absolute atomic E-state index is 14.0. The van der Waals surface area contributed by atoms with Crippen molar-refractivity contribution in [1.82, 2.24) is 4.98 Å². The van der Waals surface area contributed by atoms with Gasteiger partial charge in [0.1, 0.15) is 17.6 Å². The highest BCUT2D eigenvalue weighted by Gasteiger charge is 2.56. The zero-order valence-corrected chi connectivity index (χ0v) is 23.9. The number of fused-ring (bicyclic) bond motifs is 2. The van der Waals surface area contributed by atoms with E-state index >= 15 is 0 Å². The topological polar surface area (TPSA) is 79.5 Å². The Bertz CT molecular complexity index is 1630. The molecule has 6 nitrogen and oxygen atoms in total. The van der Waals surface area contributed by atoms with E-state index in [0.29, 0.717) is 38.5 Å². The number of nitrogens with one attached hydrogen (secondary N) is 1. The van der Waals surface area contributed by atoms with E-state index in [1.807, 2.05) is 31.2 Å². The number of aryl methyl sites for hydroxylation is 1. The minimum absolute atomic E-state index is 0.235. The van der Waals surface area contributed by atoms with Gasteiger partial charge in [0.15, 0.2) is 0 Å². The molecule has 0 aliphatic carbocycles. The van der Waals surface area contributed by atoms with Gasteiger partial charge in [-0.3, -0.25) is 14.4 Å². The second kappa shape index (κ2) is 10.0. The smallest absolute Gasteiger partial charge is 0.305 e. The number of carbonyl (C=O) groups excluding carboxylic acids is 2. The van der Waals surface area contributed by atoms with E-state index < -0.39 is 17.1 Å². The van der Waals surface area contributed by atoms with Crippen molar-refractivity contribution in [3.8, 4) is 5.75 Å². The monoisotopic (exact) mass is 626 g/mol. The number of thioether (sulfide) groups is 1. The Morgan fingerprint density at radius 2 is 1.82 bits per heavy atom. The maximum Gasteiger partial charge on any atom is 0.305 e. The molecule has 192 valence electrons. The molecular formula is C28H20BrClN2O4S2. The molecule has 6 rings (SSSR count). The molecular weight excluding hydrogens is 608 g/mol. The lowest BCUT2D eigenvalue weighted by Crippen LogP contribution is -2.32. The number of hydrogen-bond donors (Lipinski definition) is 1. The van der Waals surface area contributed by atoms with Gasteiger partial charge in [-0.15, -0.1) is 0 Å². The van der Waals surface area contributed by atoms with Crippen molar-refractivity contribution in [2.75, 3.05) is 4.90 Å². The predicted octanol–water partition coefficient (Wildman–Crippen LogP) is 6.54. The first-order valence-corrected chi connectivity index (χ1v) is 14.7. The largest absolute Gasteiger partial charge is 0.489 e. The SMILES string of the molecule is Cc1cccc(COc2ccc(Cl)cc2C2c3sc(=O)[nH]c3SC3C(=O)N(c4ccc(Br)cc4)C(=O)C32)c1. The summed E-state index contributed by atoms with van der Waals surface area (Å²) in [6.07, 6.45) is 0. The van der Waals surface area contributed by atoms with E-state index in [4.69, 9.17) is 16.3 Å². The number of halogens is 2. The molecule has 0 spiro atoms. The molecule has 0 saturated carbocycles. The maximum atomic E-state index is 14.0. The number of imide groups is 1. The van der Waals surface area contributed by atoms with Gasteiger partial charge in [-0.25, -0.2) is 4.90 Å². The number of thiazole rings is 1. The minimum atomic E-state index is -0.727. The minimum Gasteiger partial charge on any atom is -0.489 e. The van der Waals surface area contributed by atoms with Gasteiger partial charge < -0.3 is 9.72 Å². The van der Waals surface area contributed by atoms with Gasteiger partial charge in [-0.1, -0.05) is 80.5 Å². The number of hydrogen-bond acceptors (Lipinski definition) is 6. The van der Waals surface area contributed by atoms with Crippen LogP contribution in [0.25, 0.3) is 0 Å². The average Bonchev–Trinajstić information content (AvgIpc) is 3.38. The van der Waals surface area contributed by atoms with Crippen LogP contribution in [0.5, 0.6) is 5.75 Å². The number of benzene rings is 3. The van der Waals surface area contributed by atoms with E-state index in [9.17, 15) is 14.4 Å². The molecule has 3 heterocycles. The third kappa shape index (κ3) is 4.51. The lowest BCUT2D eigenvalue weighted by Gasteiger charge is -2.31. The molecule has 10 heteroatoms. The van der Waals surface area contributed by atoms with E-state index in [0.717, 1.165) is 26.9 Å². The summed E-state index contributed by atoms with van der Waals surface area (Å²) in [6.45, 7) is 2.34. The lowest BCUT2D eigenvalue weighted by atomic mass is 9.82. The molecule has 3 unspecified atom stereocenters. The van der Waals surface area contributed by atoms with E-state index in [1.54, 1.807) is 42.5 Å². The molecule has 3 atom stereocenters. The molecule has 1 aromatic heterocycles. The summed E-state index contributed by atoms with van der Waals surface area (Å²) in [4.78, 5) is 44.7. The number of aromatic amines is 1. The second-order valence-electron chi connectivity index (χ2n) is 9.20. The van der Waals surface area contributed by atoms with Gasteiger partial charge in [-0.2, -0.15) is 0 Å². The summed E-state index contributed by atoms with van der Waals surface area (Å²) in [5, 5.41) is 0.385. The second-order valence-corrected chi connectivity index (χ2v) is 12.7. The van der Waals surface area contributed by atoms with Crippen LogP contribution in [0.3, 0.4) is 0 Å². The average molecular weight is 628 g/mol. The highest BCUT2D eigenvalue weighted by Crippen LogP contribution is 2.54. The van der Waals surface area contributed by atoms with Crippen LogP contribution in [-0.4, -0.2) is 22.0 Å². The van der Waals surface area contributed by atoms with Gasteiger partial charge in [0.2, 0.25) is 11.8 Å². The molecule has 2 aliphatic heterocycles. The zero-order valence-electron chi connectivity index (χ0n) is 19.9. The Balaban J connectivity index is 1.45. The summed E-state index contributed by atoms with van der Waals surface area (Å²) in [7, 11) is 0. The molecule has 2 aliphatic rings. The molecule has 4 aromatic rings. The standard InChI is InChI=1S/C28H20BrClN2O4S2/c1-14-3-2-4-15(11-14)13-36-20-10-7-17(30)12-19(20)21-22-24(37-25-23(21)38-28(35)31-25)27(34)32(26(22)33)18-8-5-16(29)6-9-18/h2-12,21-22,24H,13H2,1H3,(H,31,35). The number of anilines is 1. The number of H-pyrrole nitrogens is 1. The Kier molecular flexibility index (Phi) is 6.72. The van der Waals surface area contributed by atoms with Crippen molar-refractivity contribution in [1.29, 1.82) is 0 Å². The van der Waals surface area contributed by atoms with Gasteiger partial charge in [0.05, 0.1) is 16.6 Å². The zero-order chi connectivity index (χ0) is 26.6. The number of nitrogens with zero attached hydrogens (tertiary/aromatic N) is 1. The third-order valence-corrected chi connectivity index (χ3v) is 9.86. The predicted molar refractivity (Wildman–Crippen MR) is 154 cm³/mol. The van der Waals surface area contributed by atoms with Crippen molar-refractivity contribution in [3.63, 3.8) is 0 Å². The van der Waals surface area contributed by atoms with Crippen molar-refractivity contribution in [2.45, 2.75) is 29.7 Å². The molecule has 38 heavy (non-hydrogen) atoms. The van der Waals surface area contributed by atoms with E-state index in [-0.39, 0.29) is 16.7 Å². The molecule has 1 saturated heterocycles. The van der Waals surface area contributed by atoms with Crippen LogP contribution in [0.15, 0.2) is 81.0 Å². The number of carbonyl (C=O) groups is 2. The highest BCUT2D eigenvalue weighted by molar-refractivity contribution is 9.10. The van der Waals surface area contributed by atoms with Crippen LogP contribution in [0.1, 0.15) is 27.5 Å². The lowest BCUT2D eigenvalue weighted by molar-refractivity contribution is -0.122. The van der Waals surface area contributed by atoms with Crippen molar-refractivity contribution < 1.29 is 14.3 Å². The van der Waals surface area contributed by atoms with Crippen molar-refractivity contribution in [2.24, 2.45) is 5.92 Å². The van der Waals surface area contributed by atoms with Crippen LogP contribution in [0, 0.1) is 12.8 Å². The van der Waals surface area contributed by atoms with Crippen LogP contribution < -0.4 is 14.5 Å². The number of amides is 2. The fourth-order valence-electron chi connectivity index (χ4n) is 5.05. The fourth-order valence-corrected chi connectivity index (χ4v) is 8.00. The third-order valence-electron chi connectivity index (χ3n) is 6.69. The molecule has 3 aromatic carbocycles. The normalized spacial score (nSPS) is 20.4. The number of ether oxygens (including phenoxy) is 1. The first-order chi connectivity index (χ1) is 18.3. The quantitative estimate of drug-likeness (QED) is 0.255. The Labute approximate surface area is 240 Å². The van der Waals surface area contributed by atoms with Crippen molar-refractivity contribution >= 4 is 68.1 Å². The highest BCUT2D eigenvalue weighted by atomic mass is 79.9. The van der Waals surface area contributed by atoms with Crippen LogP contribution in [0.4, 0.5) is 5.69 Å². The summed E-state index contributed by atoms with van der Waals surface area (Å²) >= 11 is 12.2. The Hall–Kier alpha value is -2.85. The number of rotatable bonds is 5. The molecule has 0 bridgehead atoms. The summed E-state index contributed by atoms with van der Waals surface area (Å²) < 4.78 is 7.13. The first kappa shape index (κ1) is 25.4. The van der Waals surface area contributed by atoms with Gasteiger partial charge >= 0.3 is 4.87 Å². The molecule has 1 fully saturated rings. The van der Waals surface area contributed by atoms with Crippen molar-refractivity contribution in [3.05, 3.63) is 107 Å². The van der Waals surface area contributed by atoms with E-state index in [2.05, 4.69) is 20.9 Å². The summed E-state index contributed by atoms with van der Waals surface area (Å²) in [5.74, 6) is -1.37. The van der Waals surface area contributed by atoms with Gasteiger partial charge in [0, 0.05) is 25.9 Å². The first-order valence-electron chi connectivity index (χ1n) is 11.8. The Morgan fingerprint density at radius 3 is 2.58 bits per heavy atom. The fraction of sp³-hybridized carbons (Fsp3) is 0.179.